The fourth-order valence-corrected chi connectivity index (χ4v) is 1.71. The summed E-state index contributed by atoms with van der Waals surface area (Å²) in [4.78, 5) is 11.7. The molecule has 0 spiro atoms. The summed E-state index contributed by atoms with van der Waals surface area (Å²) in [7, 11) is 0. The van der Waals surface area contributed by atoms with Crippen molar-refractivity contribution in [3.63, 3.8) is 0 Å². The molecule has 0 fully saturated rings. The van der Waals surface area contributed by atoms with E-state index in [1.165, 1.54) is 18.2 Å². The third-order valence-electron chi connectivity index (χ3n) is 2.76. The van der Waals surface area contributed by atoms with E-state index in [1.54, 1.807) is 0 Å². The van der Waals surface area contributed by atoms with Crippen molar-refractivity contribution in [3.05, 3.63) is 46.0 Å². The van der Waals surface area contributed by atoms with Crippen LogP contribution in [0.15, 0.2) is 29.1 Å². The van der Waals surface area contributed by atoms with Gasteiger partial charge in [-0.25, -0.2) is 9.49 Å². The topological polar surface area (TPSA) is 81.0 Å². The summed E-state index contributed by atoms with van der Waals surface area (Å²) in [6.45, 7) is 5.68. The van der Waals surface area contributed by atoms with Crippen molar-refractivity contribution in [2.24, 2.45) is 0 Å². The summed E-state index contributed by atoms with van der Waals surface area (Å²) in [5.74, 6) is -0.466. The summed E-state index contributed by atoms with van der Waals surface area (Å²) in [6, 6.07) is 5.60. The van der Waals surface area contributed by atoms with E-state index in [4.69, 9.17) is 10.5 Å². The maximum atomic E-state index is 13.6. The molecular weight excluding hydrogens is 261 g/mol. The van der Waals surface area contributed by atoms with E-state index < -0.39 is 5.82 Å². The molecule has 0 unspecified atom stereocenters. The molecular formula is C14H16FN3O2. The molecule has 0 aliphatic heterocycles. The van der Waals surface area contributed by atoms with Gasteiger partial charge in [0.25, 0.3) is 5.56 Å². The third-order valence-corrected chi connectivity index (χ3v) is 2.76. The predicted molar refractivity (Wildman–Crippen MR) is 74.4 cm³/mol. The van der Waals surface area contributed by atoms with Crippen LogP contribution in [0.3, 0.4) is 0 Å². The van der Waals surface area contributed by atoms with Crippen molar-refractivity contribution in [2.45, 2.75) is 26.2 Å². The van der Waals surface area contributed by atoms with Gasteiger partial charge in [0.05, 0.1) is 0 Å². The Bertz CT molecular complexity index is 690. The van der Waals surface area contributed by atoms with Crippen LogP contribution in [0.1, 0.15) is 26.3 Å². The molecule has 2 rings (SSSR count). The van der Waals surface area contributed by atoms with Gasteiger partial charge in [-0.15, -0.1) is 5.10 Å². The minimum Gasteiger partial charge on any atom is -0.435 e. The molecule has 106 valence electrons. The summed E-state index contributed by atoms with van der Waals surface area (Å²) < 4.78 is 19.0. The molecule has 6 heteroatoms. The van der Waals surface area contributed by atoms with E-state index in [0.717, 1.165) is 6.07 Å². The summed E-state index contributed by atoms with van der Waals surface area (Å²) >= 11 is 0. The van der Waals surface area contributed by atoms with Crippen molar-refractivity contribution < 1.29 is 9.13 Å². The van der Waals surface area contributed by atoms with Crippen LogP contribution in [-0.4, -0.2) is 10.2 Å². The van der Waals surface area contributed by atoms with Crippen molar-refractivity contribution in [2.75, 3.05) is 5.73 Å². The molecule has 5 nitrogen and oxygen atoms in total. The summed E-state index contributed by atoms with van der Waals surface area (Å²) in [5.41, 5.74) is 5.62. The smallest absolute Gasteiger partial charge is 0.268 e. The molecule has 0 aliphatic rings. The number of benzene rings is 1. The van der Waals surface area contributed by atoms with Crippen molar-refractivity contribution >= 4 is 5.69 Å². The first-order valence-corrected chi connectivity index (χ1v) is 6.10. The number of nitrogen functional groups attached to an aromatic ring is 1. The van der Waals surface area contributed by atoms with Crippen LogP contribution in [0, 0.1) is 5.82 Å². The minimum atomic E-state index is -0.588. The van der Waals surface area contributed by atoms with Gasteiger partial charge in [0.1, 0.15) is 0 Å². The van der Waals surface area contributed by atoms with Crippen LogP contribution in [0.25, 0.3) is 0 Å². The van der Waals surface area contributed by atoms with Gasteiger partial charge in [-0.3, -0.25) is 4.79 Å². The van der Waals surface area contributed by atoms with Crippen LogP contribution in [0.2, 0.25) is 0 Å². The number of hydrogen-bond donors (Lipinski definition) is 2. The molecule has 0 radical (unpaired) electrons. The van der Waals surface area contributed by atoms with Crippen LogP contribution in [-0.2, 0) is 5.41 Å². The number of aromatic nitrogens is 2. The number of halogens is 1. The van der Waals surface area contributed by atoms with Crippen molar-refractivity contribution in [1.29, 1.82) is 0 Å². The van der Waals surface area contributed by atoms with Crippen LogP contribution in [0.4, 0.5) is 10.1 Å². The van der Waals surface area contributed by atoms with Gasteiger partial charge in [0.15, 0.2) is 11.6 Å². The van der Waals surface area contributed by atoms with Gasteiger partial charge >= 0.3 is 0 Å². The maximum absolute atomic E-state index is 13.6. The number of hydrogen-bond acceptors (Lipinski definition) is 4. The quantitative estimate of drug-likeness (QED) is 0.827. The Morgan fingerprint density at radius 1 is 1.30 bits per heavy atom. The monoisotopic (exact) mass is 277 g/mol. The van der Waals surface area contributed by atoms with E-state index in [2.05, 4.69) is 10.2 Å². The lowest BCUT2D eigenvalue weighted by Crippen LogP contribution is -2.25. The van der Waals surface area contributed by atoms with E-state index in [-0.39, 0.29) is 22.6 Å². The number of anilines is 1. The number of rotatable bonds is 2. The van der Waals surface area contributed by atoms with Crippen molar-refractivity contribution in [3.8, 4) is 11.6 Å². The van der Waals surface area contributed by atoms with Gasteiger partial charge in [0.2, 0.25) is 5.88 Å². The number of nitrogens with one attached hydrogen (secondary N) is 1. The first kappa shape index (κ1) is 14.0. The van der Waals surface area contributed by atoms with E-state index in [9.17, 15) is 9.18 Å². The highest BCUT2D eigenvalue weighted by Crippen LogP contribution is 2.26. The predicted octanol–water partition coefficient (Wildman–Crippen LogP) is 2.58. The summed E-state index contributed by atoms with van der Waals surface area (Å²) in [5, 5.41) is 6.10. The Labute approximate surface area is 115 Å². The maximum Gasteiger partial charge on any atom is 0.268 e. The van der Waals surface area contributed by atoms with Gasteiger partial charge in [0, 0.05) is 23.4 Å². The zero-order valence-corrected chi connectivity index (χ0v) is 11.5. The average Bonchev–Trinajstić information content (AvgIpc) is 2.33. The molecule has 3 N–H and O–H groups in total. The molecule has 0 atom stereocenters. The van der Waals surface area contributed by atoms with E-state index in [1.807, 2.05) is 20.8 Å². The lowest BCUT2D eigenvalue weighted by molar-refractivity contribution is 0.417. The molecule has 20 heavy (non-hydrogen) atoms. The normalized spacial score (nSPS) is 11.4. The van der Waals surface area contributed by atoms with Crippen LogP contribution < -0.4 is 16.0 Å². The van der Waals surface area contributed by atoms with Crippen LogP contribution in [0.5, 0.6) is 11.6 Å². The number of ether oxygens (including phenoxy) is 1. The van der Waals surface area contributed by atoms with Crippen molar-refractivity contribution in [1.82, 2.24) is 10.2 Å². The van der Waals surface area contributed by atoms with Gasteiger partial charge in [-0.2, -0.15) is 0 Å². The Balaban J connectivity index is 2.37. The lowest BCUT2D eigenvalue weighted by atomic mass is 9.88. The Morgan fingerprint density at radius 3 is 2.60 bits per heavy atom. The first-order chi connectivity index (χ1) is 9.27. The average molecular weight is 277 g/mol. The standard InChI is InChI=1S/C14H16FN3O2/c1-14(2,3)9-7-12(17-18-13(9)19)20-11-5-4-8(16)6-10(11)15/h4-7H,16H2,1-3H3,(H,18,19). The fourth-order valence-electron chi connectivity index (χ4n) is 1.71. The number of nitrogens with two attached hydrogens (primary N) is 1. The second-order valence-electron chi connectivity index (χ2n) is 5.49. The molecule has 0 aliphatic carbocycles. The Kier molecular flexibility index (Phi) is 3.48. The zero-order valence-electron chi connectivity index (χ0n) is 11.5. The lowest BCUT2D eigenvalue weighted by Gasteiger charge is -2.17. The third kappa shape index (κ3) is 2.96. The molecule has 0 saturated heterocycles. The highest BCUT2D eigenvalue weighted by atomic mass is 19.1. The number of H-pyrrole nitrogens is 1. The molecule has 0 bridgehead atoms. The number of aromatic amines is 1. The summed E-state index contributed by atoms with van der Waals surface area (Å²) in [6.07, 6.45) is 0. The molecule has 0 saturated carbocycles. The number of nitrogens with zero attached hydrogens (tertiary/aromatic N) is 1. The molecule has 2 aromatic rings. The Morgan fingerprint density at radius 2 is 2.00 bits per heavy atom. The Hall–Kier alpha value is -2.37. The van der Waals surface area contributed by atoms with E-state index in [0.29, 0.717) is 11.3 Å². The second kappa shape index (κ2) is 4.96. The van der Waals surface area contributed by atoms with Crippen LogP contribution >= 0.6 is 0 Å². The molecule has 0 amide bonds. The largest absolute Gasteiger partial charge is 0.435 e. The van der Waals surface area contributed by atoms with E-state index >= 15 is 0 Å². The highest BCUT2D eigenvalue weighted by molar-refractivity contribution is 5.43. The van der Waals surface area contributed by atoms with Gasteiger partial charge in [-0.05, 0) is 17.5 Å². The molecule has 1 aromatic carbocycles. The molecule has 1 heterocycles. The molecule has 1 aromatic heterocycles. The highest BCUT2D eigenvalue weighted by Gasteiger charge is 2.19. The van der Waals surface area contributed by atoms with Gasteiger partial charge in [-0.1, -0.05) is 20.8 Å². The minimum absolute atomic E-state index is 0.00129. The fraction of sp³-hybridized carbons (Fsp3) is 0.286. The second-order valence-corrected chi connectivity index (χ2v) is 5.49. The zero-order chi connectivity index (χ0) is 14.9. The SMILES string of the molecule is CC(C)(C)c1cc(Oc2ccc(N)cc2F)n[nH]c1=O. The first-order valence-electron chi connectivity index (χ1n) is 6.10. The van der Waals surface area contributed by atoms with Gasteiger partial charge < -0.3 is 10.5 Å².